The van der Waals surface area contributed by atoms with Gasteiger partial charge in [-0.2, -0.15) is 0 Å². The van der Waals surface area contributed by atoms with Gasteiger partial charge in [-0.15, -0.1) is 10.2 Å². The molecule has 1 saturated heterocycles. The van der Waals surface area contributed by atoms with Crippen LogP contribution in [0.2, 0.25) is 0 Å². The highest BCUT2D eigenvalue weighted by atomic mass is 32.2. The van der Waals surface area contributed by atoms with Crippen molar-refractivity contribution in [3.05, 3.63) is 41.2 Å². The van der Waals surface area contributed by atoms with Crippen LogP contribution in [0.25, 0.3) is 0 Å². The highest BCUT2D eigenvalue weighted by Crippen LogP contribution is 2.27. The van der Waals surface area contributed by atoms with Crippen LogP contribution in [0.4, 0.5) is 0 Å². The maximum absolute atomic E-state index is 4.43. The Bertz CT molecular complexity index is 602. The molecule has 0 amide bonds. The Labute approximate surface area is 130 Å². The zero-order valence-electron chi connectivity index (χ0n) is 12.7. The molecular weight excluding hydrogens is 280 g/mol. The first-order chi connectivity index (χ1) is 10.2. The number of aryl methyl sites for hydroxylation is 1. The zero-order chi connectivity index (χ0) is 14.7. The van der Waals surface area contributed by atoms with Gasteiger partial charge < -0.3 is 9.88 Å². The van der Waals surface area contributed by atoms with Gasteiger partial charge in [0, 0.05) is 18.7 Å². The van der Waals surface area contributed by atoms with Gasteiger partial charge in [0.1, 0.15) is 5.82 Å². The molecule has 1 aromatic heterocycles. The molecule has 0 aliphatic carbocycles. The average Bonchev–Trinajstić information content (AvgIpc) is 2.87. The van der Waals surface area contributed by atoms with Crippen molar-refractivity contribution >= 4 is 11.8 Å². The molecule has 0 atom stereocenters. The van der Waals surface area contributed by atoms with E-state index >= 15 is 0 Å². The van der Waals surface area contributed by atoms with Gasteiger partial charge >= 0.3 is 0 Å². The Morgan fingerprint density at radius 2 is 2.10 bits per heavy atom. The Hall–Kier alpha value is -1.33. The van der Waals surface area contributed by atoms with Crippen LogP contribution in [0.5, 0.6) is 0 Å². The number of hydrogen-bond donors (Lipinski definition) is 1. The Morgan fingerprint density at radius 1 is 1.29 bits per heavy atom. The van der Waals surface area contributed by atoms with Gasteiger partial charge in [-0.25, -0.2) is 0 Å². The summed E-state index contributed by atoms with van der Waals surface area (Å²) in [6.07, 6.45) is 2.32. The second kappa shape index (κ2) is 6.62. The number of rotatable bonds is 4. The van der Waals surface area contributed by atoms with Crippen molar-refractivity contribution in [2.24, 2.45) is 7.05 Å². The molecule has 2 heterocycles. The molecule has 0 unspecified atom stereocenters. The van der Waals surface area contributed by atoms with Crippen LogP contribution in [0.1, 0.15) is 35.7 Å². The van der Waals surface area contributed by atoms with Crippen LogP contribution < -0.4 is 5.32 Å². The summed E-state index contributed by atoms with van der Waals surface area (Å²) >= 11 is 1.77. The van der Waals surface area contributed by atoms with E-state index in [1.54, 1.807) is 11.8 Å². The number of hydrogen-bond acceptors (Lipinski definition) is 4. The molecule has 0 radical (unpaired) electrons. The molecule has 0 spiro atoms. The molecule has 5 heteroatoms. The standard InChI is InChI=1S/C16H22N4S/c1-12-4-3-5-13(10-12)11-21-16-19-18-15(20(16)2)14-6-8-17-9-7-14/h3-5,10,14,17H,6-9,11H2,1-2H3. The highest BCUT2D eigenvalue weighted by molar-refractivity contribution is 7.98. The van der Waals surface area contributed by atoms with E-state index in [0.717, 1.165) is 42.7 Å². The van der Waals surface area contributed by atoms with Crippen LogP contribution in [-0.4, -0.2) is 27.9 Å². The summed E-state index contributed by atoms with van der Waals surface area (Å²) in [7, 11) is 2.09. The molecule has 1 fully saturated rings. The third-order valence-electron chi connectivity index (χ3n) is 4.02. The molecule has 112 valence electrons. The lowest BCUT2D eigenvalue weighted by Gasteiger charge is -2.21. The molecule has 1 aromatic carbocycles. The second-order valence-electron chi connectivity index (χ2n) is 5.70. The van der Waals surface area contributed by atoms with Crippen LogP contribution in [0, 0.1) is 6.92 Å². The predicted molar refractivity (Wildman–Crippen MR) is 86.6 cm³/mol. The Balaban J connectivity index is 1.67. The quantitative estimate of drug-likeness (QED) is 0.882. The number of aromatic nitrogens is 3. The van der Waals surface area contributed by atoms with Crippen molar-refractivity contribution in [3.63, 3.8) is 0 Å². The highest BCUT2D eigenvalue weighted by Gasteiger charge is 2.21. The van der Waals surface area contributed by atoms with Crippen LogP contribution in [0.3, 0.4) is 0 Å². The molecule has 1 N–H and O–H groups in total. The third kappa shape index (κ3) is 3.47. The molecular formula is C16H22N4S. The molecule has 4 nitrogen and oxygen atoms in total. The summed E-state index contributed by atoms with van der Waals surface area (Å²) in [6.45, 7) is 4.30. The smallest absolute Gasteiger partial charge is 0.191 e. The Morgan fingerprint density at radius 3 is 2.86 bits per heavy atom. The SMILES string of the molecule is Cc1cccc(CSc2nnc(C3CCNCC3)n2C)c1. The van der Waals surface area contributed by atoms with Gasteiger partial charge in [0.15, 0.2) is 5.16 Å². The average molecular weight is 302 g/mol. The fourth-order valence-electron chi connectivity index (χ4n) is 2.84. The lowest BCUT2D eigenvalue weighted by Crippen LogP contribution is -2.27. The maximum Gasteiger partial charge on any atom is 0.191 e. The van der Waals surface area contributed by atoms with Gasteiger partial charge in [0.2, 0.25) is 0 Å². The number of thioether (sulfide) groups is 1. The van der Waals surface area contributed by atoms with Crippen molar-refractivity contribution < 1.29 is 0 Å². The summed E-state index contributed by atoms with van der Waals surface area (Å²) in [5.41, 5.74) is 2.65. The second-order valence-corrected chi connectivity index (χ2v) is 6.64. The largest absolute Gasteiger partial charge is 0.317 e. The summed E-state index contributed by atoms with van der Waals surface area (Å²) in [5, 5.41) is 13.2. The van der Waals surface area contributed by atoms with Crippen molar-refractivity contribution in [1.29, 1.82) is 0 Å². The molecule has 2 aromatic rings. The van der Waals surface area contributed by atoms with E-state index in [0.29, 0.717) is 5.92 Å². The van der Waals surface area contributed by atoms with Gasteiger partial charge in [-0.05, 0) is 38.4 Å². The number of nitrogens with zero attached hydrogens (tertiary/aromatic N) is 3. The van der Waals surface area contributed by atoms with E-state index in [1.807, 2.05) is 0 Å². The first-order valence-corrected chi connectivity index (χ1v) is 8.51. The summed E-state index contributed by atoms with van der Waals surface area (Å²) in [4.78, 5) is 0. The summed E-state index contributed by atoms with van der Waals surface area (Å²) < 4.78 is 2.18. The first kappa shape index (κ1) is 14.6. The van der Waals surface area contributed by atoms with Gasteiger partial charge in [0.05, 0.1) is 0 Å². The van der Waals surface area contributed by atoms with Gasteiger partial charge in [-0.1, -0.05) is 41.6 Å². The van der Waals surface area contributed by atoms with E-state index in [9.17, 15) is 0 Å². The predicted octanol–water partition coefficient (Wildman–Crippen LogP) is 2.88. The van der Waals surface area contributed by atoms with E-state index in [2.05, 4.69) is 58.3 Å². The lowest BCUT2D eigenvalue weighted by molar-refractivity contribution is 0.434. The minimum atomic E-state index is 0.553. The molecule has 3 rings (SSSR count). The van der Waals surface area contributed by atoms with Crippen molar-refractivity contribution in [2.75, 3.05) is 13.1 Å². The number of benzene rings is 1. The number of piperidine rings is 1. The summed E-state index contributed by atoms with van der Waals surface area (Å²) in [5.74, 6) is 2.64. The van der Waals surface area contributed by atoms with Crippen LogP contribution in [0.15, 0.2) is 29.4 Å². The molecule has 0 bridgehead atoms. The monoisotopic (exact) mass is 302 g/mol. The first-order valence-electron chi connectivity index (χ1n) is 7.52. The number of nitrogens with one attached hydrogen (secondary N) is 1. The van der Waals surface area contributed by atoms with Gasteiger partial charge in [0.25, 0.3) is 0 Å². The fraction of sp³-hybridized carbons (Fsp3) is 0.500. The van der Waals surface area contributed by atoms with Crippen LogP contribution >= 0.6 is 11.8 Å². The van der Waals surface area contributed by atoms with E-state index in [-0.39, 0.29) is 0 Å². The third-order valence-corrected chi connectivity index (χ3v) is 5.11. The molecule has 21 heavy (non-hydrogen) atoms. The van der Waals surface area contributed by atoms with Gasteiger partial charge in [-0.3, -0.25) is 0 Å². The Kier molecular flexibility index (Phi) is 4.60. The molecule has 0 saturated carbocycles. The minimum Gasteiger partial charge on any atom is -0.317 e. The fourth-order valence-corrected chi connectivity index (χ4v) is 3.70. The van der Waals surface area contributed by atoms with E-state index in [1.165, 1.54) is 11.1 Å². The lowest BCUT2D eigenvalue weighted by atomic mass is 9.97. The summed E-state index contributed by atoms with van der Waals surface area (Å²) in [6, 6.07) is 8.65. The molecule has 1 aliphatic rings. The molecule has 1 aliphatic heterocycles. The van der Waals surface area contributed by atoms with Crippen molar-refractivity contribution in [2.45, 2.75) is 36.6 Å². The van der Waals surface area contributed by atoms with Crippen molar-refractivity contribution in [1.82, 2.24) is 20.1 Å². The maximum atomic E-state index is 4.43. The topological polar surface area (TPSA) is 42.7 Å². The van der Waals surface area contributed by atoms with E-state index in [4.69, 9.17) is 0 Å². The van der Waals surface area contributed by atoms with Crippen molar-refractivity contribution in [3.8, 4) is 0 Å². The van der Waals surface area contributed by atoms with Crippen LogP contribution in [-0.2, 0) is 12.8 Å². The zero-order valence-corrected chi connectivity index (χ0v) is 13.5. The normalized spacial score (nSPS) is 16.3. The minimum absolute atomic E-state index is 0.553. The van der Waals surface area contributed by atoms with E-state index < -0.39 is 0 Å².